The van der Waals surface area contributed by atoms with Gasteiger partial charge < -0.3 is 15.3 Å². The standard InChI is InChI=1S/C7H6O2.C5H8O3/c8-7(9)6-4-2-1-3-5-6;1-3(2)4(6)5(7)8/h1-5H,(H,8,9);6H,1-2H3,(H,7,8). The Morgan fingerprint density at radius 2 is 1.41 bits per heavy atom. The quantitative estimate of drug-likeness (QED) is 0.542. The summed E-state index contributed by atoms with van der Waals surface area (Å²) in [7, 11) is 0. The Kier molecular flexibility index (Phi) is 6.10. The molecule has 0 saturated carbocycles. The van der Waals surface area contributed by atoms with E-state index in [4.69, 9.17) is 15.3 Å². The third kappa shape index (κ3) is 5.99. The van der Waals surface area contributed by atoms with Gasteiger partial charge in [0.1, 0.15) is 0 Å². The van der Waals surface area contributed by atoms with Crippen LogP contribution in [0.25, 0.3) is 0 Å². The number of carboxylic acids is 2. The molecule has 0 spiro atoms. The number of aliphatic hydroxyl groups excluding tert-OH is 1. The van der Waals surface area contributed by atoms with Gasteiger partial charge in [0.05, 0.1) is 5.56 Å². The van der Waals surface area contributed by atoms with E-state index >= 15 is 0 Å². The molecule has 0 heterocycles. The largest absolute Gasteiger partial charge is 0.502 e. The molecule has 0 atom stereocenters. The van der Waals surface area contributed by atoms with Crippen LogP contribution < -0.4 is 0 Å². The molecule has 0 unspecified atom stereocenters. The molecular formula is C12H14O5. The van der Waals surface area contributed by atoms with Gasteiger partial charge >= 0.3 is 11.9 Å². The van der Waals surface area contributed by atoms with Crippen LogP contribution in [0.3, 0.4) is 0 Å². The summed E-state index contributed by atoms with van der Waals surface area (Å²) in [6.07, 6.45) is 0. The predicted octanol–water partition coefficient (Wildman–Crippen LogP) is 2.31. The van der Waals surface area contributed by atoms with Gasteiger partial charge in [0, 0.05) is 0 Å². The number of benzene rings is 1. The highest BCUT2D eigenvalue weighted by Crippen LogP contribution is 1.97. The lowest BCUT2D eigenvalue weighted by atomic mass is 10.2. The lowest BCUT2D eigenvalue weighted by Crippen LogP contribution is -2.00. The fourth-order valence-corrected chi connectivity index (χ4v) is 0.795. The van der Waals surface area contributed by atoms with E-state index in [1.807, 2.05) is 0 Å². The monoisotopic (exact) mass is 238 g/mol. The van der Waals surface area contributed by atoms with E-state index < -0.39 is 17.7 Å². The normalized spacial score (nSPS) is 8.59. The summed E-state index contributed by atoms with van der Waals surface area (Å²) in [4.78, 5) is 20.0. The fraction of sp³-hybridized carbons (Fsp3) is 0.167. The second-order valence-electron chi connectivity index (χ2n) is 3.32. The van der Waals surface area contributed by atoms with Crippen molar-refractivity contribution in [2.75, 3.05) is 0 Å². The molecule has 0 aliphatic heterocycles. The summed E-state index contributed by atoms with van der Waals surface area (Å²) in [6.45, 7) is 3.06. The highest BCUT2D eigenvalue weighted by molar-refractivity contribution is 5.87. The van der Waals surface area contributed by atoms with Crippen LogP contribution in [0.5, 0.6) is 0 Å². The predicted molar refractivity (Wildman–Crippen MR) is 62.0 cm³/mol. The molecule has 0 radical (unpaired) electrons. The fourth-order valence-electron chi connectivity index (χ4n) is 0.795. The van der Waals surface area contributed by atoms with Crippen molar-refractivity contribution in [1.29, 1.82) is 0 Å². The van der Waals surface area contributed by atoms with Gasteiger partial charge in [0.25, 0.3) is 0 Å². The van der Waals surface area contributed by atoms with E-state index in [1.165, 1.54) is 13.8 Å². The average molecular weight is 238 g/mol. The molecule has 1 aromatic rings. The van der Waals surface area contributed by atoms with E-state index in [0.717, 1.165) is 0 Å². The van der Waals surface area contributed by atoms with Gasteiger partial charge in [-0.05, 0) is 31.6 Å². The molecule has 0 saturated heterocycles. The van der Waals surface area contributed by atoms with Gasteiger partial charge in [-0.25, -0.2) is 9.59 Å². The summed E-state index contributed by atoms with van der Waals surface area (Å²) in [5, 5.41) is 24.9. The van der Waals surface area contributed by atoms with Crippen LogP contribution >= 0.6 is 0 Å². The Labute approximate surface area is 98.6 Å². The minimum Gasteiger partial charge on any atom is -0.502 e. The smallest absolute Gasteiger partial charge is 0.370 e. The maximum absolute atomic E-state index is 10.2. The third-order valence-electron chi connectivity index (χ3n) is 1.70. The summed E-state index contributed by atoms with van der Waals surface area (Å²) in [5.74, 6) is -2.72. The minimum atomic E-state index is -1.27. The molecule has 92 valence electrons. The minimum absolute atomic E-state index is 0.331. The molecule has 0 bridgehead atoms. The number of hydrogen-bond acceptors (Lipinski definition) is 3. The average Bonchev–Trinajstić information content (AvgIpc) is 2.29. The van der Waals surface area contributed by atoms with Crippen LogP contribution in [-0.2, 0) is 4.79 Å². The highest BCUT2D eigenvalue weighted by atomic mass is 16.4. The summed E-state index contributed by atoms with van der Waals surface area (Å²) in [6, 6.07) is 8.30. The Hall–Kier alpha value is -2.30. The zero-order valence-corrected chi connectivity index (χ0v) is 9.54. The molecule has 17 heavy (non-hydrogen) atoms. The molecule has 1 aromatic carbocycles. The van der Waals surface area contributed by atoms with Crippen LogP contribution in [0.15, 0.2) is 41.7 Å². The van der Waals surface area contributed by atoms with Crippen LogP contribution in [0, 0.1) is 0 Å². The number of aliphatic carboxylic acids is 1. The van der Waals surface area contributed by atoms with E-state index in [-0.39, 0.29) is 0 Å². The molecule has 3 N–H and O–H groups in total. The number of aromatic carboxylic acids is 1. The number of aliphatic hydroxyl groups is 1. The highest BCUT2D eigenvalue weighted by Gasteiger charge is 2.03. The molecular weight excluding hydrogens is 224 g/mol. The van der Waals surface area contributed by atoms with Gasteiger partial charge in [-0.3, -0.25) is 0 Å². The molecule has 0 fully saturated rings. The number of allylic oxidation sites excluding steroid dienone is 1. The van der Waals surface area contributed by atoms with Crippen molar-refractivity contribution in [2.24, 2.45) is 0 Å². The first-order valence-corrected chi connectivity index (χ1v) is 4.74. The number of carbonyl (C=O) groups is 2. The topological polar surface area (TPSA) is 94.8 Å². The van der Waals surface area contributed by atoms with Crippen molar-refractivity contribution in [2.45, 2.75) is 13.8 Å². The molecule has 1 rings (SSSR count). The number of hydrogen-bond donors (Lipinski definition) is 3. The lowest BCUT2D eigenvalue weighted by Gasteiger charge is -1.91. The second kappa shape index (κ2) is 7.05. The van der Waals surface area contributed by atoms with Crippen molar-refractivity contribution in [3.8, 4) is 0 Å². The molecule has 0 amide bonds. The van der Waals surface area contributed by atoms with Crippen LogP contribution in [-0.4, -0.2) is 27.3 Å². The summed E-state index contributed by atoms with van der Waals surface area (Å²) in [5.41, 5.74) is 0.745. The van der Waals surface area contributed by atoms with Crippen molar-refractivity contribution in [3.05, 3.63) is 47.2 Å². The molecule has 5 nitrogen and oxygen atoms in total. The molecule has 0 aliphatic carbocycles. The Balaban J connectivity index is 0.000000304. The molecule has 0 aromatic heterocycles. The van der Waals surface area contributed by atoms with E-state index in [2.05, 4.69) is 0 Å². The Morgan fingerprint density at radius 1 is 0.941 bits per heavy atom. The first kappa shape index (κ1) is 14.7. The van der Waals surface area contributed by atoms with Crippen molar-refractivity contribution in [3.63, 3.8) is 0 Å². The maximum Gasteiger partial charge on any atom is 0.370 e. The SMILES string of the molecule is CC(C)=C(O)C(=O)O.O=C(O)c1ccccc1. The first-order chi connectivity index (χ1) is 7.86. The van der Waals surface area contributed by atoms with Crippen LogP contribution in [0.4, 0.5) is 0 Å². The first-order valence-electron chi connectivity index (χ1n) is 4.74. The van der Waals surface area contributed by atoms with Crippen molar-refractivity contribution < 1.29 is 24.9 Å². The Bertz CT molecular complexity index is 416. The van der Waals surface area contributed by atoms with Crippen molar-refractivity contribution in [1.82, 2.24) is 0 Å². The number of rotatable bonds is 2. The van der Waals surface area contributed by atoms with E-state index in [9.17, 15) is 9.59 Å². The van der Waals surface area contributed by atoms with Crippen LogP contribution in [0.2, 0.25) is 0 Å². The zero-order valence-electron chi connectivity index (χ0n) is 9.54. The second-order valence-corrected chi connectivity index (χ2v) is 3.32. The third-order valence-corrected chi connectivity index (χ3v) is 1.70. The summed E-state index contributed by atoms with van der Waals surface area (Å²) < 4.78 is 0. The zero-order chi connectivity index (χ0) is 13.4. The van der Waals surface area contributed by atoms with Gasteiger partial charge in [0.2, 0.25) is 0 Å². The van der Waals surface area contributed by atoms with E-state index in [1.54, 1.807) is 30.3 Å². The van der Waals surface area contributed by atoms with Gasteiger partial charge in [-0.2, -0.15) is 0 Å². The van der Waals surface area contributed by atoms with E-state index in [0.29, 0.717) is 11.1 Å². The number of carboxylic acid groups (broad SMARTS) is 2. The van der Waals surface area contributed by atoms with Crippen molar-refractivity contribution >= 4 is 11.9 Å². The maximum atomic E-state index is 10.2. The molecule has 0 aliphatic rings. The Morgan fingerprint density at radius 3 is 1.59 bits per heavy atom. The summed E-state index contributed by atoms with van der Waals surface area (Å²) >= 11 is 0. The lowest BCUT2D eigenvalue weighted by molar-refractivity contribution is -0.135. The molecule has 5 heteroatoms. The van der Waals surface area contributed by atoms with Gasteiger partial charge in [0.15, 0.2) is 5.76 Å². The van der Waals surface area contributed by atoms with Gasteiger partial charge in [-0.1, -0.05) is 18.2 Å². The van der Waals surface area contributed by atoms with Gasteiger partial charge in [-0.15, -0.1) is 0 Å². The van der Waals surface area contributed by atoms with Crippen LogP contribution in [0.1, 0.15) is 24.2 Å².